The molecule has 0 aliphatic heterocycles. The van der Waals surface area contributed by atoms with E-state index in [0.717, 1.165) is 28.2 Å². The monoisotopic (exact) mass is 343 g/mol. The van der Waals surface area contributed by atoms with Gasteiger partial charge in [-0.1, -0.05) is 68.4 Å². The third-order valence-electron chi connectivity index (χ3n) is 4.60. The zero-order chi connectivity index (χ0) is 18.1. The Morgan fingerprint density at radius 1 is 0.923 bits per heavy atom. The number of hydrogen-bond acceptors (Lipinski definition) is 3. The summed E-state index contributed by atoms with van der Waals surface area (Å²) in [6.07, 6.45) is 3.67. The fourth-order valence-electron chi connectivity index (χ4n) is 3.20. The molecule has 26 heavy (non-hydrogen) atoms. The van der Waals surface area contributed by atoms with Gasteiger partial charge < -0.3 is 4.74 Å². The van der Waals surface area contributed by atoms with Crippen LogP contribution in [0.15, 0.2) is 67.0 Å². The van der Waals surface area contributed by atoms with E-state index in [1.165, 1.54) is 5.56 Å². The SMILES string of the molecule is COc1nccn2c(-c3ccccc3)c(-c3ccc(C(C)C)cc3)nc12. The fourth-order valence-corrected chi connectivity index (χ4v) is 3.20. The number of aromatic nitrogens is 3. The summed E-state index contributed by atoms with van der Waals surface area (Å²) in [4.78, 5) is 9.18. The Bertz CT molecular complexity index is 1030. The van der Waals surface area contributed by atoms with Crippen molar-refractivity contribution in [3.05, 3.63) is 72.6 Å². The molecule has 4 aromatic rings. The quantitative estimate of drug-likeness (QED) is 0.511. The molecule has 0 radical (unpaired) electrons. The summed E-state index contributed by atoms with van der Waals surface area (Å²) in [7, 11) is 1.62. The maximum atomic E-state index is 5.42. The molecule has 0 aliphatic carbocycles. The molecule has 0 unspecified atom stereocenters. The van der Waals surface area contributed by atoms with Crippen molar-refractivity contribution >= 4 is 5.65 Å². The first-order valence-corrected chi connectivity index (χ1v) is 8.76. The van der Waals surface area contributed by atoms with Crippen LogP contribution in [0.2, 0.25) is 0 Å². The summed E-state index contributed by atoms with van der Waals surface area (Å²) in [5, 5.41) is 0. The number of imidazole rings is 1. The van der Waals surface area contributed by atoms with Crippen molar-refractivity contribution in [2.24, 2.45) is 0 Å². The van der Waals surface area contributed by atoms with E-state index >= 15 is 0 Å². The standard InChI is InChI=1S/C22H21N3O/c1-15(2)16-9-11-17(12-10-16)19-20(18-7-5-4-6-8-18)25-14-13-23-22(26-3)21(25)24-19/h4-15H,1-3H3. The van der Waals surface area contributed by atoms with Gasteiger partial charge in [0.15, 0.2) is 0 Å². The average molecular weight is 343 g/mol. The van der Waals surface area contributed by atoms with Crippen LogP contribution in [0.4, 0.5) is 0 Å². The summed E-state index contributed by atoms with van der Waals surface area (Å²) < 4.78 is 7.47. The summed E-state index contributed by atoms with van der Waals surface area (Å²) in [6.45, 7) is 4.40. The molecule has 0 saturated carbocycles. The van der Waals surface area contributed by atoms with Crippen molar-refractivity contribution in [3.63, 3.8) is 0 Å². The second kappa shape index (κ2) is 6.64. The van der Waals surface area contributed by atoms with Crippen molar-refractivity contribution in [3.8, 4) is 28.4 Å². The molecular formula is C22H21N3O. The van der Waals surface area contributed by atoms with Crippen molar-refractivity contribution in [2.75, 3.05) is 7.11 Å². The molecule has 0 aliphatic rings. The van der Waals surface area contributed by atoms with E-state index in [9.17, 15) is 0 Å². The molecular weight excluding hydrogens is 322 g/mol. The Morgan fingerprint density at radius 2 is 1.65 bits per heavy atom. The number of methoxy groups -OCH3 is 1. The molecule has 4 heteroatoms. The Labute approximate surface area is 153 Å². The second-order valence-corrected chi connectivity index (χ2v) is 6.58. The molecule has 0 atom stereocenters. The number of nitrogens with zero attached hydrogens (tertiary/aromatic N) is 3. The van der Waals surface area contributed by atoms with E-state index in [0.29, 0.717) is 11.8 Å². The topological polar surface area (TPSA) is 39.4 Å². The van der Waals surface area contributed by atoms with Crippen molar-refractivity contribution in [1.82, 2.24) is 14.4 Å². The highest BCUT2D eigenvalue weighted by atomic mass is 16.5. The van der Waals surface area contributed by atoms with Crippen LogP contribution in [0.5, 0.6) is 5.88 Å². The van der Waals surface area contributed by atoms with Gasteiger partial charge in [-0.3, -0.25) is 4.40 Å². The minimum atomic E-state index is 0.503. The van der Waals surface area contributed by atoms with Gasteiger partial charge in [0.25, 0.3) is 5.88 Å². The second-order valence-electron chi connectivity index (χ2n) is 6.58. The highest BCUT2D eigenvalue weighted by Crippen LogP contribution is 2.35. The first-order chi connectivity index (χ1) is 12.7. The number of hydrogen-bond donors (Lipinski definition) is 0. The molecule has 4 nitrogen and oxygen atoms in total. The first kappa shape index (κ1) is 16.3. The lowest BCUT2D eigenvalue weighted by atomic mass is 9.99. The molecule has 4 rings (SSSR count). The van der Waals surface area contributed by atoms with Gasteiger partial charge >= 0.3 is 0 Å². The van der Waals surface area contributed by atoms with Gasteiger partial charge in [0.1, 0.15) is 0 Å². The van der Waals surface area contributed by atoms with Gasteiger partial charge in [-0.25, -0.2) is 9.97 Å². The minimum absolute atomic E-state index is 0.503. The first-order valence-electron chi connectivity index (χ1n) is 8.76. The van der Waals surface area contributed by atoms with Gasteiger partial charge in [0.2, 0.25) is 5.65 Å². The van der Waals surface area contributed by atoms with E-state index in [1.807, 2.05) is 28.8 Å². The highest BCUT2D eigenvalue weighted by Gasteiger charge is 2.18. The number of fused-ring (bicyclic) bond motifs is 1. The van der Waals surface area contributed by atoms with Crippen LogP contribution >= 0.6 is 0 Å². The molecule has 2 aromatic carbocycles. The highest BCUT2D eigenvalue weighted by molar-refractivity contribution is 5.83. The van der Waals surface area contributed by atoms with E-state index in [4.69, 9.17) is 9.72 Å². The van der Waals surface area contributed by atoms with Crippen molar-refractivity contribution in [1.29, 1.82) is 0 Å². The van der Waals surface area contributed by atoms with Crippen molar-refractivity contribution < 1.29 is 4.74 Å². The van der Waals surface area contributed by atoms with E-state index < -0.39 is 0 Å². The third-order valence-corrected chi connectivity index (χ3v) is 4.60. The van der Waals surface area contributed by atoms with E-state index in [2.05, 4.69) is 55.2 Å². The van der Waals surface area contributed by atoms with E-state index in [1.54, 1.807) is 13.3 Å². The molecule has 2 heterocycles. The van der Waals surface area contributed by atoms with Gasteiger partial charge in [0.05, 0.1) is 18.5 Å². The van der Waals surface area contributed by atoms with Gasteiger partial charge in [0, 0.05) is 23.5 Å². The summed E-state index contributed by atoms with van der Waals surface area (Å²) >= 11 is 0. The third kappa shape index (κ3) is 2.73. The lowest BCUT2D eigenvalue weighted by Crippen LogP contribution is -1.94. The molecule has 0 fully saturated rings. The van der Waals surface area contributed by atoms with Crippen molar-refractivity contribution in [2.45, 2.75) is 19.8 Å². The minimum Gasteiger partial charge on any atom is -0.478 e. The molecule has 0 saturated heterocycles. The normalized spacial score (nSPS) is 11.2. The average Bonchev–Trinajstić information content (AvgIpc) is 3.08. The maximum Gasteiger partial charge on any atom is 0.258 e. The summed E-state index contributed by atoms with van der Waals surface area (Å²) in [6, 6.07) is 18.9. The van der Waals surface area contributed by atoms with Gasteiger partial charge in [-0.2, -0.15) is 0 Å². The smallest absolute Gasteiger partial charge is 0.258 e. The predicted octanol–water partition coefficient (Wildman–Crippen LogP) is 5.20. The lowest BCUT2D eigenvalue weighted by Gasteiger charge is -2.08. The van der Waals surface area contributed by atoms with Crippen LogP contribution in [-0.4, -0.2) is 21.5 Å². The Kier molecular flexibility index (Phi) is 4.17. The largest absolute Gasteiger partial charge is 0.478 e. The molecule has 130 valence electrons. The molecule has 0 amide bonds. The fraction of sp³-hybridized carbons (Fsp3) is 0.182. The summed E-state index contributed by atoms with van der Waals surface area (Å²) in [5.74, 6) is 1.03. The molecule has 2 aromatic heterocycles. The molecule has 0 spiro atoms. The van der Waals surface area contributed by atoms with Crippen LogP contribution in [0.1, 0.15) is 25.3 Å². The number of ether oxygens (including phenoxy) is 1. The van der Waals surface area contributed by atoms with Crippen LogP contribution in [0.25, 0.3) is 28.2 Å². The number of benzene rings is 2. The zero-order valence-corrected chi connectivity index (χ0v) is 15.2. The number of rotatable bonds is 4. The van der Waals surface area contributed by atoms with Crippen LogP contribution < -0.4 is 4.74 Å². The Hall–Kier alpha value is -3.14. The van der Waals surface area contributed by atoms with Crippen LogP contribution in [-0.2, 0) is 0 Å². The molecule has 0 bridgehead atoms. The van der Waals surface area contributed by atoms with Gasteiger partial charge in [-0.15, -0.1) is 0 Å². The molecule has 0 N–H and O–H groups in total. The maximum absolute atomic E-state index is 5.42. The van der Waals surface area contributed by atoms with Crippen LogP contribution in [0, 0.1) is 0 Å². The Morgan fingerprint density at radius 3 is 2.31 bits per heavy atom. The predicted molar refractivity (Wildman–Crippen MR) is 105 cm³/mol. The zero-order valence-electron chi connectivity index (χ0n) is 15.2. The van der Waals surface area contributed by atoms with E-state index in [-0.39, 0.29) is 0 Å². The lowest BCUT2D eigenvalue weighted by molar-refractivity contribution is 0.400. The summed E-state index contributed by atoms with van der Waals surface area (Å²) in [5.41, 5.74) is 6.20. The Balaban J connectivity index is 1.99. The van der Waals surface area contributed by atoms with Crippen LogP contribution in [0.3, 0.4) is 0 Å². The van der Waals surface area contributed by atoms with Gasteiger partial charge in [-0.05, 0) is 11.5 Å².